The molecule has 0 fully saturated rings. The number of allylic oxidation sites excluding steroid dienone is 1. The summed E-state index contributed by atoms with van der Waals surface area (Å²) in [5.74, 6) is 0.367. The highest BCUT2D eigenvalue weighted by molar-refractivity contribution is 7.80. The second-order valence-corrected chi connectivity index (χ2v) is 7.28. The molecule has 0 radical (unpaired) electrons. The molecule has 0 aliphatic carbocycles. The number of nitrogens with one attached hydrogen (secondary N) is 3. The first-order chi connectivity index (χ1) is 13.4. The van der Waals surface area contributed by atoms with E-state index in [4.69, 9.17) is 28.6 Å². The van der Waals surface area contributed by atoms with Crippen molar-refractivity contribution in [3.63, 3.8) is 0 Å². The second-order valence-electron chi connectivity index (χ2n) is 6.47. The lowest BCUT2D eigenvalue weighted by Gasteiger charge is -2.30. The van der Waals surface area contributed by atoms with E-state index in [1.54, 1.807) is 19.2 Å². The molecule has 0 bridgehead atoms. The number of carbonyl (C=O) groups excluding carboxylic acids is 1. The van der Waals surface area contributed by atoms with Gasteiger partial charge in [-0.15, -0.1) is 0 Å². The Bertz CT molecular complexity index is 941. The van der Waals surface area contributed by atoms with Gasteiger partial charge in [-0.3, -0.25) is 4.79 Å². The Morgan fingerprint density at radius 2 is 1.96 bits per heavy atom. The van der Waals surface area contributed by atoms with Gasteiger partial charge in [0.1, 0.15) is 5.75 Å². The summed E-state index contributed by atoms with van der Waals surface area (Å²) in [7, 11) is 1.56. The Morgan fingerprint density at radius 1 is 1.25 bits per heavy atom. The molecule has 3 N–H and O–H groups in total. The van der Waals surface area contributed by atoms with Crippen LogP contribution in [-0.2, 0) is 11.2 Å². The molecule has 146 valence electrons. The van der Waals surface area contributed by atoms with Gasteiger partial charge in [0.15, 0.2) is 5.11 Å². The van der Waals surface area contributed by atoms with Crippen LogP contribution in [0.2, 0.25) is 5.02 Å². The van der Waals surface area contributed by atoms with Gasteiger partial charge in [0, 0.05) is 11.4 Å². The van der Waals surface area contributed by atoms with E-state index in [9.17, 15) is 4.79 Å². The van der Waals surface area contributed by atoms with Gasteiger partial charge in [-0.25, -0.2) is 0 Å². The molecule has 0 unspecified atom stereocenters. The minimum atomic E-state index is -0.424. The third-order valence-corrected chi connectivity index (χ3v) is 5.16. The molecule has 1 aliphatic rings. The highest BCUT2D eigenvalue weighted by atomic mass is 35.5. The molecule has 1 amide bonds. The predicted molar refractivity (Wildman–Crippen MR) is 117 cm³/mol. The van der Waals surface area contributed by atoms with E-state index in [-0.39, 0.29) is 5.91 Å². The fraction of sp³-hybridized carbons (Fsp3) is 0.238. The number of benzene rings is 2. The van der Waals surface area contributed by atoms with E-state index < -0.39 is 6.04 Å². The molecule has 3 rings (SSSR count). The zero-order valence-corrected chi connectivity index (χ0v) is 17.5. The average Bonchev–Trinajstić information content (AvgIpc) is 2.67. The molecule has 0 saturated carbocycles. The normalized spacial score (nSPS) is 16.3. The maximum Gasteiger partial charge on any atom is 0.255 e. The van der Waals surface area contributed by atoms with Crippen LogP contribution in [0.3, 0.4) is 0 Å². The van der Waals surface area contributed by atoms with Crippen molar-refractivity contribution in [2.45, 2.75) is 26.3 Å². The van der Waals surface area contributed by atoms with Gasteiger partial charge in [-0.1, -0.05) is 36.7 Å². The van der Waals surface area contributed by atoms with Gasteiger partial charge in [0.25, 0.3) is 5.91 Å². The van der Waals surface area contributed by atoms with Crippen LogP contribution in [0.25, 0.3) is 0 Å². The Balaban J connectivity index is 1.92. The molecule has 1 atom stereocenters. The summed E-state index contributed by atoms with van der Waals surface area (Å²) in [6.07, 6.45) is 0.948. The Labute approximate surface area is 175 Å². The van der Waals surface area contributed by atoms with Crippen molar-refractivity contribution < 1.29 is 9.53 Å². The number of carbonyl (C=O) groups is 1. The monoisotopic (exact) mass is 415 g/mol. The SMILES string of the molecule is CCc1ccc(NC(=O)C2=C(C)NC(=S)N[C@H]2c2ccc(OC)c(Cl)c2)cc1. The number of hydrogen-bond acceptors (Lipinski definition) is 3. The molecule has 0 spiro atoms. The first-order valence-electron chi connectivity index (χ1n) is 8.95. The number of halogens is 1. The lowest BCUT2D eigenvalue weighted by atomic mass is 9.94. The molecule has 5 nitrogen and oxygen atoms in total. The summed E-state index contributed by atoms with van der Waals surface area (Å²) in [6.45, 7) is 3.93. The first-order valence-corrected chi connectivity index (χ1v) is 9.73. The van der Waals surface area contributed by atoms with Crippen molar-refractivity contribution in [2.24, 2.45) is 0 Å². The summed E-state index contributed by atoms with van der Waals surface area (Å²) >= 11 is 11.6. The van der Waals surface area contributed by atoms with Gasteiger partial charge in [-0.2, -0.15) is 0 Å². The topological polar surface area (TPSA) is 62.4 Å². The molecule has 2 aromatic rings. The zero-order valence-electron chi connectivity index (χ0n) is 15.9. The van der Waals surface area contributed by atoms with Crippen molar-refractivity contribution in [3.8, 4) is 5.75 Å². The van der Waals surface area contributed by atoms with Crippen LogP contribution >= 0.6 is 23.8 Å². The predicted octanol–water partition coefficient (Wildman–Crippen LogP) is 4.34. The van der Waals surface area contributed by atoms with E-state index in [1.165, 1.54) is 5.56 Å². The van der Waals surface area contributed by atoms with Crippen molar-refractivity contribution in [1.29, 1.82) is 0 Å². The van der Waals surface area contributed by atoms with Crippen molar-refractivity contribution in [1.82, 2.24) is 10.6 Å². The third kappa shape index (κ3) is 4.29. The Morgan fingerprint density at radius 3 is 2.57 bits per heavy atom. The minimum absolute atomic E-state index is 0.207. The van der Waals surface area contributed by atoms with Crippen LogP contribution in [-0.4, -0.2) is 18.1 Å². The van der Waals surface area contributed by atoms with Crippen molar-refractivity contribution in [2.75, 3.05) is 12.4 Å². The highest BCUT2D eigenvalue weighted by Gasteiger charge is 2.30. The standard InChI is InChI=1S/C21H22ClN3O2S/c1-4-13-5-8-15(9-6-13)24-20(26)18-12(2)23-21(28)25-19(18)14-7-10-17(27-3)16(22)11-14/h5-11,19H,4H2,1-3H3,(H,24,26)(H2,23,25,28)/t19-/m0/s1. The number of rotatable bonds is 5. The van der Waals surface area contributed by atoms with Crippen LogP contribution in [0, 0.1) is 0 Å². The summed E-state index contributed by atoms with van der Waals surface area (Å²) in [6, 6.07) is 12.8. The van der Waals surface area contributed by atoms with Gasteiger partial charge in [-0.05, 0) is 61.0 Å². The van der Waals surface area contributed by atoms with Gasteiger partial charge in [0.05, 0.1) is 23.7 Å². The summed E-state index contributed by atoms with van der Waals surface area (Å²) in [5.41, 5.74) is 4.02. The summed E-state index contributed by atoms with van der Waals surface area (Å²) in [5, 5.41) is 10.1. The Hall–Kier alpha value is -2.57. The molecule has 28 heavy (non-hydrogen) atoms. The third-order valence-electron chi connectivity index (χ3n) is 4.64. The van der Waals surface area contributed by atoms with E-state index in [0.29, 0.717) is 27.2 Å². The summed E-state index contributed by atoms with van der Waals surface area (Å²) in [4.78, 5) is 13.1. The van der Waals surface area contributed by atoms with Gasteiger partial charge >= 0.3 is 0 Å². The number of methoxy groups -OCH3 is 1. The number of thiocarbonyl (C=S) groups is 1. The number of ether oxygens (including phenoxy) is 1. The molecule has 0 aromatic heterocycles. The number of anilines is 1. The zero-order chi connectivity index (χ0) is 20.3. The van der Waals surface area contributed by atoms with E-state index in [0.717, 1.165) is 17.7 Å². The Kier molecular flexibility index (Phi) is 6.21. The molecule has 1 aliphatic heterocycles. The first kappa shape index (κ1) is 20.2. The number of hydrogen-bond donors (Lipinski definition) is 3. The fourth-order valence-corrected chi connectivity index (χ4v) is 3.67. The van der Waals surface area contributed by atoms with Crippen LogP contribution in [0.1, 0.15) is 31.0 Å². The molecule has 0 saturated heterocycles. The molecule has 7 heteroatoms. The molecular weight excluding hydrogens is 394 g/mol. The highest BCUT2D eigenvalue weighted by Crippen LogP contribution is 2.33. The van der Waals surface area contributed by atoms with Crippen LogP contribution in [0.4, 0.5) is 5.69 Å². The molecule has 2 aromatic carbocycles. The summed E-state index contributed by atoms with van der Waals surface area (Å²) < 4.78 is 5.22. The van der Waals surface area contributed by atoms with Crippen LogP contribution < -0.4 is 20.7 Å². The van der Waals surface area contributed by atoms with Gasteiger partial charge in [0.2, 0.25) is 0 Å². The maximum atomic E-state index is 13.1. The van der Waals surface area contributed by atoms with Gasteiger partial charge < -0.3 is 20.7 Å². The van der Waals surface area contributed by atoms with E-state index in [1.807, 2.05) is 37.3 Å². The minimum Gasteiger partial charge on any atom is -0.495 e. The average molecular weight is 416 g/mol. The lowest BCUT2D eigenvalue weighted by Crippen LogP contribution is -2.45. The quantitative estimate of drug-likeness (QED) is 0.634. The largest absolute Gasteiger partial charge is 0.495 e. The van der Waals surface area contributed by atoms with Crippen molar-refractivity contribution >= 4 is 40.5 Å². The van der Waals surface area contributed by atoms with E-state index in [2.05, 4.69) is 22.9 Å². The maximum absolute atomic E-state index is 13.1. The second kappa shape index (κ2) is 8.63. The van der Waals surface area contributed by atoms with E-state index >= 15 is 0 Å². The number of aryl methyl sites for hydroxylation is 1. The smallest absolute Gasteiger partial charge is 0.255 e. The van der Waals surface area contributed by atoms with Crippen LogP contribution in [0.15, 0.2) is 53.7 Å². The lowest BCUT2D eigenvalue weighted by molar-refractivity contribution is -0.113. The molecule has 1 heterocycles. The van der Waals surface area contributed by atoms with Crippen molar-refractivity contribution in [3.05, 3.63) is 69.9 Å². The molecular formula is C21H22ClN3O2S. The number of amides is 1. The fourth-order valence-electron chi connectivity index (χ4n) is 3.13. The van der Waals surface area contributed by atoms with Crippen LogP contribution in [0.5, 0.6) is 5.75 Å².